The van der Waals surface area contributed by atoms with Crippen molar-refractivity contribution in [2.45, 2.75) is 19.9 Å². The molecule has 3 heterocycles. The van der Waals surface area contributed by atoms with E-state index in [9.17, 15) is 4.79 Å². The maximum atomic E-state index is 12.5. The summed E-state index contributed by atoms with van der Waals surface area (Å²) >= 11 is 1.66. The first kappa shape index (κ1) is 15.5. The minimum Gasteiger partial charge on any atom is -0.350 e. The van der Waals surface area contributed by atoms with Crippen LogP contribution in [-0.2, 0) is 13.0 Å². The lowest BCUT2D eigenvalue weighted by Crippen LogP contribution is -2.28. The van der Waals surface area contributed by atoms with Gasteiger partial charge in [0.2, 0.25) is 0 Å². The third kappa shape index (κ3) is 3.51. The van der Waals surface area contributed by atoms with E-state index in [-0.39, 0.29) is 5.91 Å². The molecule has 0 aliphatic carbocycles. The number of carbonyl (C=O) groups excluding carboxylic acids is 1. The molecule has 4 nitrogen and oxygen atoms in total. The molecule has 3 aromatic rings. The normalized spacial score (nSPS) is 11.3. The van der Waals surface area contributed by atoms with Gasteiger partial charge in [0.05, 0.1) is 0 Å². The molecule has 3 aromatic heterocycles. The van der Waals surface area contributed by atoms with Crippen LogP contribution in [0.5, 0.6) is 0 Å². The second-order valence-electron chi connectivity index (χ2n) is 5.22. The third-order valence-corrected chi connectivity index (χ3v) is 4.60. The summed E-state index contributed by atoms with van der Waals surface area (Å²) in [6.45, 7) is 3.28. The van der Waals surface area contributed by atoms with Crippen LogP contribution in [0, 0.1) is 0 Å². The molecular weight excluding hydrogens is 306 g/mol. The Labute approximate surface area is 139 Å². The van der Waals surface area contributed by atoms with Crippen LogP contribution in [0.1, 0.15) is 23.1 Å². The number of aromatic nitrogens is 2. The number of amides is 1. The summed E-state index contributed by atoms with van der Waals surface area (Å²) in [5, 5.41) is 6.17. The maximum Gasteiger partial charge on any atom is 0.267 e. The molecule has 0 atom stereocenters. The van der Waals surface area contributed by atoms with Gasteiger partial charge in [0.15, 0.2) is 0 Å². The Balaban J connectivity index is 1.71. The van der Waals surface area contributed by atoms with E-state index in [4.69, 9.17) is 0 Å². The van der Waals surface area contributed by atoms with E-state index in [1.165, 1.54) is 0 Å². The van der Waals surface area contributed by atoms with Crippen LogP contribution in [0.3, 0.4) is 0 Å². The highest BCUT2D eigenvalue weighted by Crippen LogP contribution is 2.25. The average molecular weight is 325 g/mol. The molecule has 0 saturated carbocycles. The van der Waals surface area contributed by atoms with E-state index < -0.39 is 0 Å². The van der Waals surface area contributed by atoms with E-state index in [0.717, 1.165) is 22.3 Å². The first-order chi connectivity index (χ1) is 11.3. The Bertz CT molecular complexity index is 817. The fourth-order valence-electron chi connectivity index (χ4n) is 2.50. The van der Waals surface area contributed by atoms with Gasteiger partial charge in [0, 0.05) is 36.8 Å². The van der Waals surface area contributed by atoms with Gasteiger partial charge in [-0.1, -0.05) is 18.2 Å². The second-order valence-corrected chi connectivity index (χ2v) is 6.11. The number of hydrogen-bond donors (Lipinski definition) is 1. The highest BCUT2D eigenvalue weighted by Gasteiger charge is 2.15. The molecule has 5 heteroatoms. The molecule has 0 radical (unpaired) electrons. The summed E-state index contributed by atoms with van der Waals surface area (Å²) in [5.41, 5.74) is 1.70. The number of pyridine rings is 1. The summed E-state index contributed by atoms with van der Waals surface area (Å²) < 4.78 is 2.07. The number of nitrogens with zero attached hydrogens (tertiary/aromatic N) is 2. The van der Waals surface area contributed by atoms with E-state index >= 15 is 0 Å². The summed E-state index contributed by atoms with van der Waals surface area (Å²) in [5.74, 6) is -0.0335. The SMILES string of the molecule is C/C=C\Cn1c(C(=O)NCCc2ccccn2)cc2ccsc21. The van der Waals surface area contributed by atoms with Gasteiger partial charge in [0.25, 0.3) is 5.91 Å². The summed E-state index contributed by atoms with van der Waals surface area (Å²) in [6, 6.07) is 9.84. The topological polar surface area (TPSA) is 46.9 Å². The lowest BCUT2D eigenvalue weighted by molar-refractivity contribution is 0.0946. The zero-order valence-corrected chi connectivity index (χ0v) is 13.8. The molecule has 0 aliphatic rings. The Morgan fingerprint density at radius 3 is 3.09 bits per heavy atom. The van der Waals surface area contributed by atoms with E-state index in [0.29, 0.717) is 18.8 Å². The van der Waals surface area contributed by atoms with Crippen LogP contribution in [0.15, 0.2) is 54.1 Å². The van der Waals surface area contributed by atoms with Crippen LogP contribution in [0.4, 0.5) is 0 Å². The number of thiophene rings is 1. The van der Waals surface area contributed by atoms with Crippen molar-refractivity contribution < 1.29 is 4.79 Å². The van der Waals surface area contributed by atoms with Crippen molar-refractivity contribution >= 4 is 27.5 Å². The van der Waals surface area contributed by atoms with Crippen molar-refractivity contribution in [1.29, 1.82) is 0 Å². The van der Waals surface area contributed by atoms with Crippen LogP contribution < -0.4 is 5.32 Å². The number of carbonyl (C=O) groups is 1. The van der Waals surface area contributed by atoms with Gasteiger partial charge in [-0.05, 0) is 36.6 Å². The average Bonchev–Trinajstić information content (AvgIpc) is 3.15. The van der Waals surface area contributed by atoms with Gasteiger partial charge >= 0.3 is 0 Å². The Kier molecular flexibility index (Phi) is 4.88. The minimum absolute atomic E-state index is 0.0335. The minimum atomic E-state index is -0.0335. The fourth-order valence-corrected chi connectivity index (χ4v) is 3.40. The molecule has 118 valence electrons. The number of rotatable bonds is 6. The molecule has 0 aromatic carbocycles. The van der Waals surface area contributed by atoms with Gasteiger partial charge in [-0.15, -0.1) is 11.3 Å². The summed E-state index contributed by atoms with van der Waals surface area (Å²) in [4.78, 5) is 17.9. The molecule has 0 fully saturated rings. The number of allylic oxidation sites excluding steroid dienone is 2. The number of nitrogens with one attached hydrogen (secondary N) is 1. The van der Waals surface area contributed by atoms with E-state index in [1.807, 2.05) is 37.3 Å². The first-order valence-corrected chi connectivity index (χ1v) is 8.53. The van der Waals surface area contributed by atoms with Crippen LogP contribution in [-0.4, -0.2) is 22.0 Å². The van der Waals surface area contributed by atoms with Crippen molar-refractivity contribution in [2.24, 2.45) is 0 Å². The standard InChI is InChI=1S/C18H19N3OS/c1-2-3-11-21-16(13-14-8-12-23-18(14)21)17(22)20-10-7-15-6-4-5-9-19-15/h2-6,8-9,12-13H,7,10-11H2,1H3,(H,20,22)/b3-2-. The van der Waals surface area contributed by atoms with Gasteiger partial charge < -0.3 is 9.88 Å². The molecule has 0 spiro atoms. The zero-order valence-electron chi connectivity index (χ0n) is 13.0. The predicted molar refractivity (Wildman–Crippen MR) is 94.9 cm³/mol. The molecule has 0 aliphatic heterocycles. The zero-order chi connectivity index (χ0) is 16.1. The monoisotopic (exact) mass is 325 g/mol. The van der Waals surface area contributed by atoms with E-state index in [1.54, 1.807) is 17.5 Å². The third-order valence-electron chi connectivity index (χ3n) is 3.65. The smallest absolute Gasteiger partial charge is 0.267 e. The largest absolute Gasteiger partial charge is 0.350 e. The molecule has 0 unspecified atom stereocenters. The van der Waals surface area contributed by atoms with E-state index in [2.05, 4.69) is 32.4 Å². The van der Waals surface area contributed by atoms with Gasteiger partial charge in [-0.3, -0.25) is 9.78 Å². The molecule has 0 bridgehead atoms. The first-order valence-electron chi connectivity index (χ1n) is 7.65. The van der Waals surface area contributed by atoms with Crippen molar-refractivity contribution in [2.75, 3.05) is 6.54 Å². The molecule has 0 saturated heterocycles. The van der Waals surface area contributed by atoms with Crippen molar-refractivity contribution in [3.05, 3.63) is 65.4 Å². The molecule has 1 amide bonds. The van der Waals surface area contributed by atoms with Crippen LogP contribution in [0.25, 0.3) is 10.2 Å². The van der Waals surface area contributed by atoms with Gasteiger partial charge in [0.1, 0.15) is 10.5 Å². The summed E-state index contributed by atoms with van der Waals surface area (Å²) in [7, 11) is 0. The lowest BCUT2D eigenvalue weighted by Gasteiger charge is -2.08. The highest BCUT2D eigenvalue weighted by atomic mass is 32.1. The predicted octanol–water partition coefficient (Wildman–Crippen LogP) is 3.65. The Hall–Kier alpha value is -2.40. The van der Waals surface area contributed by atoms with Crippen LogP contribution >= 0.6 is 11.3 Å². The Morgan fingerprint density at radius 1 is 1.39 bits per heavy atom. The second kappa shape index (κ2) is 7.24. The van der Waals surface area contributed by atoms with Crippen LogP contribution in [0.2, 0.25) is 0 Å². The highest BCUT2D eigenvalue weighted by molar-refractivity contribution is 7.16. The fraction of sp³-hybridized carbons (Fsp3) is 0.222. The lowest BCUT2D eigenvalue weighted by atomic mass is 10.2. The van der Waals surface area contributed by atoms with Crippen molar-refractivity contribution in [3.8, 4) is 0 Å². The van der Waals surface area contributed by atoms with Gasteiger partial charge in [-0.2, -0.15) is 0 Å². The number of fused-ring (bicyclic) bond motifs is 1. The summed E-state index contributed by atoms with van der Waals surface area (Å²) in [6.07, 6.45) is 6.57. The van der Waals surface area contributed by atoms with Crippen molar-refractivity contribution in [3.63, 3.8) is 0 Å². The molecule has 3 rings (SSSR count). The maximum absolute atomic E-state index is 12.5. The van der Waals surface area contributed by atoms with Crippen molar-refractivity contribution in [1.82, 2.24) is 14.9 Å². The van der Waals surface area contributed by atoms with Gasteiger partial charge in [-0.25, -0.2) is 0 Å². The Morgan fingerprint density at radius 2 is 2.30 bits per heavy atom. The molecule has 23 heavy (non-hydrogen) atoms. The molecular formula is C18H19N3OS. The molecule has 1 N–H and O–H groups in total. The number of hydrogen-bond acceptors (Lipinski definition) is 3. The quantitative estimate of drug-likeness (QED) is 0.703.